The van der Waals surface area contributed by atoms with Crippen LogP contribution in [0.2, 0.25) is 0 Å². The van der Waals surface area contributed by atoms with E-state index in [-0.39, 0.29) is 12.5 Å². The Hall–Kier alpha value is -3.62. The van der Waals surface area contributed by atoms with E-state index in [1.165, 1.54) is 0 Å². The number of hydrogen-bond acceptors (Lipinski definition) is 7. The van der Waals surface area contributed by atoms with Crippen LogP contribution in [0.3, 0.4) is 0 Å². The Balaban J connectivity index is 1.32. The number of aromatic nitrogens is 4. The largest absolute Gasteiger partial charge is 0.497 e. The zero-order valence-electron chi connectivity index (χ0n) is 18.0. The number of methoxy groups -OCH3 is 1. The Morgan fingerprint density at radius 2 is 1.65 bits per heavy atom. The number of aryl methyl sites for hydroxylation is 1. The summed E-state index contributed by atoms with van der Waals surface area (Å²) in [6.45, 7) is 6.65. The number of hydrogen-bond donors (Lipinski definition) is 0. The number of carbonyl (C=O) groups excluding carboxylic acids is 1. The number of rotatable bonds is 6. The maximum atomic E-state index is 12.5. The van der Waals surface area contributed by atoms with Crippen molar-refractivity contribution in [2.24, 2.45) is 0 Å². The molecular formula is C22H26N6O3. The number of piperazine rings is 1. The topological polar surface area (TPSA) is 85.6 Å². The molecule has 0 atom stereocenters. The van der Waals surface area contributed by atoms with Gasteiger partial charge in [-0.3, -0.25) is 9.36 Å². The Bertz CT molecular complexity index is 1040. The molecule has 1 saturated heterocycles. The van der Waals surface area contributed by atoms with Gasteiger partial charge in [0.05, 0.1) is 12.8 Å². The van der Waals surface area contributed by atoms with Crippen LogP contribution in [-0.4, -0.2) is 70.2 Å². The maximum Gasteiger partial charge on any atom is 0.260 e. The fraction of sp³-hybridized carbons (Fsp3) is 0.364. The lowest BCUT2D eigenvalue weighted by atomic mass is 10.3. The highest BCUT2D eigenvalue weighted by Crippen LogP contribution is 2.19. The third-order valence-electron chi connectivity index (χ3n) is 5.51. The first-order valence-corrected chi connectivity index (χ1v) is 10.2. The quantitative estimate of drug-likeness (QED) is 0.601. The SMILES string of the molecule is COc1ccc(OCC(=O)N2CCN(c3cc(-n4cnc(C)c4C)ncn3)CC2)cc1. The smallest absolute Gasteiger partial charge is 0.260 e. The normalized spacial score (nSPS) is 13.9. The van der Waals surface area contributed by atoms with Gasteiger partial charge in [-0.15, -0.1) is 0 Å². The molecule has 0 saturated carbocycles. The van der Waals surface area contributed by atoms with E-state index in [1.54, 1.807) is 44.0 Å². The lowest BCUT2D eigenvalue weighted by Gasteiger charge is -2.35. The van der Waals surface area contributed by atoms with Gasteiger partial charge in [0.25, 0.3) is 5.91 Å². The van der Waals surface area contributed by atoms with Gasteiger partial charge in [0.2, 0.25) is 0 Å². The molecular weight excluding hydrogens is 396 g/mol. The summed E-state index contributed by atoms with van der Waals surface area (Å²) in [6.07, 6.45) is 3.34. The number of anilines is 1. The van der Waals surface area contributed by atoms with E-state index in [4.69, 9.17) is 9.47 Å². The number of nitrogens with zero attached hydrogens (tertiary/aromatic N) is 6. The van der Waals surface area contributed by atoms with Crippen molar-refractivity contribution in [3.05, 3.63) is 54.4 Å². The lowest BCUT2D eigenvalue weighted by Crippen LogP contribution is -2.50. The Morgan fingerprint density at radius 3 is 2.29 bits per heavy atom. The van der Waals surface area contributed by atoms with Crippen LogP contribution in [0.25, 0.3) is 5.82 Å². The summed E-state index contributed by atoms with van der Waals surface area (Å²) in [4.78, 5) is 29.7. The molecule has 1 aromatic carbocycles. The highest BCUT2D eigenvalue weighted by Gasteiger charge is 2.22. The van der Waals surface area contributed by atoms with Gasteiger partial charge in [-0.1, -0.05) is 0 Å². The van der Waals surface area contributed by atoms with Gasteiger partial charge < -0.3 is 19.3 Å². The molecule has 1 aliphatic rings. The minimum atomic E-state index is -0.0247. The zero-order valence-corrected chi connectivity index (χ0v) is 18.0. The lowest BCUT2D eigenvalue weighted by molar-refractivity contribution is -0.133. The van der Waals surface area contributed by atoms with Gasteiger partial charge in [0.1, 0.15) is 35.8 Å². The first kappa shape index (κ1) is 20.6. The van der Waals surface area contributed by atoms with Crippen LogP contribution in [0, 0.1) is 13.8 Å². The molecule has 0 bridgehead atoms. The first-order valence-electron chi connectivity index (χ1n) is 10.2. The molecule has 0 N–H and O–H groups in total. The average Bonchev–Trinajstić information content (AvgIpc) is 3.16. The number of benzene rings is 1. The molecule has 4 rings (SSSR count). The van der Waals surface area contributed by atoms with E-state index >= 15 is 0 Å². The standard InChI is InChI=1S/C22H26N6O3/c1-16-17(2)28(15-25-16)21-12-20(23-14-24-21)26-8-10-27(11-9-26)22(29)13-31-19-6-4-18(30-3)5-7-19/h4-7,12,14-15H,8-11,13H2,1-3H3. The van der Waals surface area contributed by atoms with Gasteiger partial charge in [-0.25, -0.2) is 15.0 Å². The highest BCUT2D eigenvalue weighted by atomic mass is 16.5. The van der Waals surface area contributed by atoms with Crippen LogP contribution in [0.5, 0.6) is 11.5 Å². The van der Waals surface area contributed by atoms with Gasteiger partial charge in [0.15, 0.2) is 6.61 Å². The summed E-state index contributed by atoms with van der Waals surface area (Å²) in [5, 5.41) is 0. The second kappa shape index (κ2) is 9.03. The van der Waals surface area contributed by atoms with Crippen LogP contribution in [-0.2, 0) is 4.79 Å². The molecule has 1 aliphatic heterocycles. The predicted molar refractivity (Wildman–Crippen MR) is 116 cm³/mol. The molecule has 0 unspecified atom stereocenters. The Kier molecular flexibility index (Phi) is 6.01. The number of imidazole rings is 1. The summed E-state index contributed by atoms with van der Waals surface area (Å²) in [5.41, 5.74) is 2.03. The summed E-state index contributed by atoms with van der Waals surface area (Å²) >= 11 is 0. The summed E-state index contributed by atoms with van der Waals surface area (Å²) in [7, 11) is 1.61. The summed E-state index contributed by atoms with van der Waals surface area (Å²) in [6, 6.07) is 9.15. The minimum Gasteiger partial charge on any atom is -0.497 e. The third kappa shape index (κ3) is 4.60. The minimum absolute atomic E-state index is 0.0171. The van der Waals surface area contributed by atoms with Crippen molar-refractivity contribution in [2.45, 2.75) is 13.8 Å². The fourth-order valence-electron chi connectivity index (χ4n) is 3.46. The van der Waals surface area contributed by atoms with E-state index in [0.717, 1.165) is 28.8 Å². The molecule has 3 heterocycles. The van der Waals surface area contributed by atoms with Gasteiger partial charge in [-0.05, 0) is 38.1 Å². The van der Waals surface area contributed by atoms with Crippen LogP contribution in [0.15, 0.2) is 43.0 Å². The molecule has 3 aromatic rings. The van der Waals surface area contributed by atoms with E-state index in [2.05, 4.69) is 19.9 Å². The van der Waals surface area contributed by atoms with Crippen molar-refractivity contribution in [2.75, 3.05) is 44.8 Å². The van der Waals surface area contributed by atoms with Crippen LogP contribution < -0.4 is 14.4 Å². The molecule has 162 valence electrons. The summed E-state index contributed by atoms with van der Waals surface area (Å²) in [5.74, 6) is 3.00. The zero-order chi connectivity index (χ0) is 21.8. The maximum absolute atomic E-state index is 12.5. The predicted octanol–water partition coefficient (Wildman–Crippen LogP) is 2.02. The monoisotopic (exact) mass is 422 g/mol. The Morgan fingerprint density at radius 1 is 0.968 bits per heavy atom. The van der Waals surface area contributed by atoms with E-state index in [9.17, 15) is 4.79 Å². The van der Waals surface area contributed by atoms with Crippen molar-refractivity contribution in [3.8, 4) is 17.3 Å². The molecule has 9 heteroatoms. The van der Waals surface area contributed by atoms with Crippen LogP contribution in [0.4, 0.5) is 5.82 Å². The van der Waals surface area contributed by atoms with Crippen molar-refractivity contribution < 1.29 is 14.3 Å². The molecule has 0 radical (unpaired) electrons. The molecule has 9 nitrogen and oxygen atoms in total. The van der Waals surface area contributed by atoms with E-state index < -0.39 is 0 Å². The van der Waals surface area contributed by atoms with Crippen molar-refractivity contribution in [1.29, 1.82) is 0 Å². The second-order valence-corrected chi connectivity index (χ2v) is 7.35. The molecule has 0 spiro atoms. The van der Waals surface area contributed by atoms with Gasteiger partial charge in [0, 0.05) is 37.9 Å². The number of ether oxygens (including phenoxy) is 2. The molecule has 2 aromatic heterocycles. The fourth-order valence-corrected chi connectivity index (χ4v) is 3.46. The highest BCUT2D eigenvalue weighted by molar-refractivity contribution is 5.78. The van der Waals surface area contributed by atoms with Gasteiger partial charge >= 0.3 is 0 Å². The first-order chi connectivity index (χ1) is 15.0. The van der Waals surface area contributed by atoms with Crippen molar-refractivity contribution in [1.82, 2.24) is 24.4 Å². The third-order valence-corrected chi connectivity index (χ3v) is 5.51. The van der Waals surface area contributed by atoms with E-state index in [1.807, 2.05) is 29.4 Å². The summed E-state index contributed by atoms with van der Waals surface area (Å²) < 4.78 is 12.7. The van der Waals surface area contributed by atoms with Crippen LogP contribution >= 0.6 is 0 Å². The second-order valence-electron chi connectivity index (χ2n) is 7.35. The average molecular weight is 422 g/mol. The van der Waals surface area contributed by atoms with Crippen molar-refractivity contribution >= 4 is 11.7 Å². The van der Waals surface area contributed by atoms with Gasteiger partial charge in [-0.2, -0.15) is 0 Å². The number of amides is 1. The molecule has 1 fully saturated rings. The number of carbonyl (C=O) groups is 1. The molecule has 0 aliphatic carbocycles. The molecule has 1 amide bonds. The van der Waals surface area contributed by atoms with Crippen LogP contribution in [0.1, 0.15) is 11.4 Å². The molecule has 31 heavy (non-hydrogen) atoms. The Labute approximate surface area is 181 Å². The van der Waals surface area contributed by atoms with E-state index in [0.29, 0.717) is 31.9 Å². The van der Waals surface area contributed by atoms with Crippen molar-refractivity contribution in [3.63, 3.8) is 0 Å².